The Kier molecular flexibility index (Phi) is 8.73. The summed E-state index contributed by atoms with van der Waals surface area (Å²) >= 11 is 1.58. The molecule has 2 heterocycles. The van der Waals surface area contributed by atoms with Crippen LogP contribution < -0.4 is 5.73 Å². The molecule has 9 nitrogen and oxygen atoms in total. The van der Waals surface area contributed by atoms with Crippen molar-refractivity contribution in [1.29, 1.82) is 0 Å². The second kappa shape index (κ2) is 12.4. The second-order valence-corrected chi connectivity index (χ2v) is 9.67. The van der Waals surface area contributed by atoms with E-state index in [4.69, 9.17) is 15.2 Å². The fourth-order valence-electron chi connectivity index (χ4n) is 3.88. The van der Waals surface area contributed by atoms with Gasteiger partial charge in [-0.05, 0) is 17.5 Å². The molecule has 0 aliphatic carbocycles. The number of imidazole rings is 1. The lowest BCUT2D eigenvalue weighted by molar-refractivity contribution is -0.146. The number of hydrogen-bond acceptors (Lipinski definition) is 9. The van der Waals surface area contributed by atoms with Gasteiger partial charge in [0, 0.05) is 26.3 Å². The minimum atomic E-state index is -0.380. The third-order valence-corrected chi connectivity index (χ3v) is 6.99. The number of aromatic nitrogens is 4. The van der Waals surface area contributed by atoms with Crippen molar-refractivity contribution in [3.63, 3.8) is 0 Å². The third-order valence-electron chi connectivity index (χ3n) is 5.71. The largest absolute Gasteiger partial charge is 0.465 e. The molecule has 0 saturated heterocycles. The first-order valence-electron chi connectivity index (χ1n) is 11.9. The summed E-state index contributed by atoms with van der Waals surface area (Å²) in [7, 11) is 0. The van der Waals surface area contributed by atoms with Crippen molar-refractivity contribution < 1.29 is 19.1 Å². The average Bonchev–Trinajstić information content (AvgIpc) is 3.30. The molecule has 0 amide bonds. The van der Waals surface area contributed by atoms with Gasteiger partial charge in [0.25, 0.3) is 0 Å². The van der Waals surface area contributed by atoms with Gasteiger partial charge in [0.15, 0.2) is 5.65 Å². The van der Waals surface area contributed by atoms with Crippen molar-refractivity contribution in [2.75, 3.05) is 18.9 Å². The minimum absolute atomic E-state index is 0.0121. The number of thioether (sulfide) groups is 1. The second-order valence-electron chi connectivity index (χ2n) is 8.58. The van der Waals surface area contributed by atoms with Gasteiger partial charge in [-0.1, -0.05) is 72.4 Å². The minimum Gasteiger partial charge on any atom is -0.465 e. The molecule has 0 atom stereocenters. The van der Waals surface area contributed by atoms with Gasteiger partial charge in [0.2, 0.25) is 5.95 Å². The number of anilines is 1. The van der Waals surface area contributed by atoms with Gasteiger partial charge in [-0.25, -0.2) is 9.97 Å². The fraction of sp³-hybridized carbons (Fsp3) is 0.296. The molecule has 0 radical (unpaired) electrons. The molecule has 37 heavy (non-hydrogen) atoms. The van der Waals surface area contributed by atoms with Crippen LogP contribution in [0.5, 0.6) is 0 Å². The predicted octanol–water partition coefficient (Wildman–Crippen LogP) is 4.42. The Balaban J connectivity index is 1.59. The van der Waals surface area contributed by atoms with E-state index < -0.39 is 0 Å². The van der Waals surface area contributed by atoms with Crippen molar-refractivity contribution in [2.45, 2.75) is 37.1 Å². The molecule has 0 saturated carbocycles. The monoisotopic (exact) mass is 519 g/mol. The molecule has 10 heteroatoms. The predicted molar refractivity (Wildman–Crippen MR) is 142 cm³/mol. The van der Waals surface area contributed by atoms with Crippen molar-refractivity contribution in [2.24, 2.45) is 5.92 Å². The number of benzene rings is 2. The summed E-state index contributed by atoms with van der Waals surface area (Å²) in [4.78, 5) is 36.2. The van der Waals surface area contributed by atoms with E-state index in [1.165, 1.54) is 13.8 Å². The molecule has 0 spiro atoms. The molecular formula is C27H29N5O4S. The topological polar surface area (TPSA) is 122 Å². The highest BCUT2D eigenvalue weighted by molar-refractivity contribution is 7.99. The summed E-state index contributed by atoms with van der Waals surface area (Å²) in [5.41, 5.74) is 9.69. The van der Waals surface area contributed by atoms with Gasteiger partial charge in [-0.15, -0.1) is 0 Å². The highest BCUT2D eigenvalue weighted by Crippen LogP contribution is 2.41. The maximum absolute atomic E-state index is 11.3. The number of nitrogen functional groups attached to an aromatic ring is 1. The van der Waals surface area contributed by atoms with Gasteiger partial charge in [0.1, 0.15) is 10.5 Å². The number of ether oxygens (including phenoxy) is 2. The normalized spacial score (nSPS) is 11.2. The van der Waals surface area contributed by atoms with Crippen molar-refractivity contribution >= 4 is 40.8 Å². The summed E-state index contributed by atoms with van der Waals surface area (Å²) < 4.78 is 12.2. The van der Waals surface area contributed by atoms with Gasteiger partial charge in [0.05, 0.1) is 24.8 Å². The Morgan fingerprint density at radius 3 is 2.03 bits per heavy atom. The summed E-state index contributed by atoms with van der Waals surface area (Å²) in [6.07, 6.45) is 2.28. The van der Waals surface area contributed by atoms with E-state index in [2.05, 4.69) is 39.2 Å². The first-order valence-corrected chi connectivity index (χ1v) is 12.8. The SMILES string of the molecule is CC(=O)OCC(CCn1cnc2c(SC(c3ccccc3)c3ccccc3)nc(N)nc21)COC(C)=O. The first-order chi connectivity index (χ1) is 17.9. The molecule has 0 bridgehead atoms. The Hall–Kier alpha value is -3.92. The molecule has 4 aromatic rings. The Labute approximate surface area is 219 Å². The van der Waals surface area contributed by atoms with Gasteiger partial charge >= 0.3 is 11.9 Å². The van der Waals surface area contributed by atoms with E-state index in [0.29, 0.717) is 29.2 Å². The highest BCUT2D eigenvalue weighted by atomic mass is 32.2. The van der Waals surface area contributed by atoms with Crippen LogP contribution in [0.2, 0.25) is 0 Å². The lowest BCUT2D eigenvalue weighted by Crippen LogP contribution is -2.21. The van der Waals surface area contributed by atoms with Crippen LogP contribution in [0.1, 0.15) is 36.6 Å². The van der Waals surface area contributed by atoms with E-state index in [-0.39, 0.29) is 42.3 Å². The quantitative estimate of drug-likeness (QED) is 0.174. The van der Waals surface area contributed by atoms with Gasteiger partial charge < -0.3 is 19.8 Å². The van der Waals surface area contributed by atoms with Gasteiger partial charge in [-0.3, -0.25) is 9.59 Å². The lowest BCUT2D eigenvalue weighted by Gasteiger charge is -2.18. The number of hydrogen-bond donors (Lipinski definition) is 1. The molecular weight excluding hydrogens is 490 g/mol. The van der Waals surface area contributed by atoms with E-state index >= 15 is 0 Å². The molecule has 0 aliphatic heterocycles. The highest BCUT2D eigenvalue weighted by Gasteiger charge is 2.21. The summed E-state index contributed by atoms with van der Waals surface area (Å²) in [5, 5.41) is 0.678. The molecule has 2 aromatic heterocycles. The number of nitrogens with two attached hydrogens (primary N) is 1. The van der Waals surface area contributed by atoms with Crippen molar-refractivity contribution in [3.05, 3.63) is 78.1 Å². The molecule has 0 fully saturated rings. The third kappa shape index (κ3) is 7.07. The van der Waals surface area contributed by atoms with E-state index in [1.807, 2.05) is 41.0 Å². The summed E-state index contributed by atoms with van der Waals surface area (Å²) in [6.45, 7) is 3.53. The van der Waals surface area contributed by atoms with Crippen LogP contribution in [-0.2, 0) is 25.6 Å². The summed E-state index contributed by atoms with van der Waals surface area (Å²) in [6, 6.07) is 20.5. The molecule has 0 unspecified atom stereocenters. The lowest BCUT2D eigenvalue weighted by atomic mass is 10.0. The van der Waals surface area contributed by atoms with E-state index in [1.54, 1.807) is 18.1 Å². The van der Waals surface area contributed by atoms with Crippen LogP contribution in [-0.4, -0.2) is 44.7 Å². The van der Waals surface area contributed by atoms with Crippen LogP contribution in [0.15, 0.2) is 72.0 Å². The number of carbonyl (C=O) groups excluding carboxylic acids is 2. The smallest absolute Gasteiger partial charge is 0.302 e. The number of esters is 2. The summed E-state index contributed by atoms with van der Waals surface area (Å²) in [5.74, 6) is -0.768. The number of aryl methyl sites for hydroxylation is 1. The maximum Gasteiger partial charge on any atom is 0.302 e. The van der Waals surface area contributed by atoms with Crippen molar-refractivity contribution in [3.8, 4) is 0 Å². The number of carbonyl (C=O) groups is 2. The number of fused-ring (bicyclic) bond motifs is 1. The molecule has 192 valence electrons. The fourth-order valence-corrected chi connectivity index (χ4v) is 5.09. The van der Waals surface area contributed by atoms with Crippen LogP contribution in [0.25, 0.3) is 11.2 Å². The zero-order valence-corrected chi connectivity index (χ0v) is 21.6. The number of rotatable bonds is 11. The standard InChI is InChI=1S/C27H29N5O4S/c1-18(33)35-15-20(16-36-19(2)34)13-14-32-17-29-23-25(32)30-27(28)31-26(23)37-24(21-9-5-3-6-10-21)22-11-7-4-8-12-22/h3-12,17,20,24H,13-16H2,1-2H3,(H2,28,30,31). The van der Waals surface area contributed by atoms with Crippen molar-refractivity contribution in [1.82, 2.24) is 19.5 Å². The zero-order chi connectivity index (χ0) is 26.2. The Morgan fingerprint density at radius 2 is 1.49 bits per heavy atom. The van der Waals surface area contributed by atoms with Gasteiger partial charge in [-0.2, -0.15) is 4.98 Å². The Morgan fingerprint density at radius 1 is 0.919 bits per heavy atom. The number of nitrogens with zero attached hydrogens (tertiary/aromatic N) is 4. The van der Waals surface area contributed by atoms with E-state index in [0.717, 1.165) is 11.1 Å². The van der Waals surface area contributed by atoms with Crippen LogP contribution >= 0.6 is 11.8 Å². The molecule has 2 aromatic carbocycles. The molecule has 4 rings (SSSR count). The zero-order valence-electron chi connectivity index (χ0n) is 20.7. The first kappa shape index (κ1) is 26.2. The maximum atomic E-state index is 11.3. The van der Waals surface area contributed by atoms with Crippen LogP contribution in [0, 0.1) is 5.92 Å². The Bertz CT molecular complexity index is 1290. The van der Waals surface area contributed by atoms with E-state index in [9.17, 15) is 9.59 Å². The average molecular weight is 520 g/mol. The molecule has 0 aliphatic rings. The molecule has 2 N–H and O–H groups in total. The van der Waals surface area contributed by atoms with Crippen LogP contribution in [0.4, 0.5) is 5.95 Å². The van der Waals surface area contributed by atoms with Crippen LogP contribution in [0.3, 0.4) is 0 Å².